The molecular formula is C7H15NO3S. The van der Waals surface area contributed by atoms with Crippen molar-refractivity contribution < 1.29 is 14.6 Å². The number of amides is 1. The van der Waals surface area contributed by atoms with Gasteiger partial charge >= 0.3 is 6.09 Å². The summed E-state index contributed by atoms with van der Waals surface area (Å²) in [7, 11) is 0. The van der Waals surface area contributed by atoms with Gasteiger partial charge in [0.05, 0.1) is 6.61 Å². The first-order valence-electron chi connectivity index (χ1n) is 3.73. The molecular weight excluding hydrogens is 178 g/mol. The van der Waals surface area contributed by atoms with Crippen molar-refractivity contribution in [1.82, 2.24) is 5.32 Å². The highest BCUT2D eigenvalue weighted by Gasteiger charge is 2.06. The Bertz CT molecular complexity index is 132. The van der Waals surface area contributed by atoms with Gasteiger partial charge in [0, 0.05) is 11.8 Å². The van der Waals surface area contributed by atoms with Gasteiger partial charge in [0.25, 0.3) is 0 Å². The summed E-state index contributed by atoms with van der Waals surface area (Å²) in [4.78, 5) is 10.8. The summed E-state index contributed by atoms with van der Waals surface area (Å²) in [6.45, 7) is 1.82. The molecule has 1 unspecified atom stereocenters. The molecule has 0 saturated heterocycles. The third-order valence-corrected chi connectivity index (χ3v) is 1.94. The Morgan fingerprint density at radius 3 is 2.92 bits per heavy atom. The van der Waals surface area contributed by atoms with Crippen LogP contribution < -0.4 is 5.32 Å². The van der Waals surface area contributed by atoms with E-state index in [1.807, 2.05) is 13.2 Å². The molecule has 0 aliphatic carbocycles. The first-order valence-corrected chi connectivity index (χ1v) is 5.13. The first-order chi connectivity index (χ1) is 5.70. The van der Waals surface area contributed by atoms with Crippen LogP contribution in [0.1, 0.15) is 6.92 Å². The van der Waals surface area contributed by atoms with E-state index in [-0.39, 0.29) is 19.3 Å². The highest BCUT2D eigenvalue weighted by Crippen LogP contribution is 1.95. The van der Waals surface area contributed by atoms with Gasteiger partial charge in [-0.05, 0) is 13.2 Å². The normalized spacial score (nSPS) is 12.2. The van der Waals surface area contributed by atoms with E-state index in [0.29, 0.717) is 0 Å². The minimum absolute atomic E-state index is 0.0534. The number of alkyl carbamates (subject to hydrolysis) is 1. The monoisotopic (exact) mass is 193 g/mol. The number of ether oxygens (including phenoxy) is 1. The van der Waals surface area contributed by atoms with E-state index >= 15 is 0 Å². The van der Waals surface area contributed by atoms with Crippen molar-refractivity contribution in [2.24, 2.45) is 0 Å². The van der Waals surface area contributed by atoms with Gasteiger partial charge in [0.15, 0.2) is 0 Å². The maximum Gasteiger partial charge on any atom is 0.407 e. The fraction of sp³-hybridized carbons (Fsp3) is 0.857. The molecule has 4 nitrogen and oxygen atoms in total. The van der Waals surface area contributed by atoms with Gasteiger partial charge in [-0.3, -0.25) is 0 Å². The predicted octanol–water partition coefficient (Wildman–Crippen LogP) is 0.456. The standard InChI is InChI=1S/C7H15NO3S/c1-6(5-12-2)8-7(10)11-4-3-9/h6,9H,3-5H2,1-2H3,(H,8,10). The van der Waals surface area contributed by atoms with E-state index in [1.54, 1.807) is 11.8 Å². The van der Waals surface area contributed by atoms with Gasteiger partial charge in [-0.2, -0.15) is 11.8 Å². The second kappa shape index (κ2) is 7.24. The van der Waals surface area contributed by atoms with Crippen LogP contribution in [0.3, 0.4) is 0 Å². The molecule has 0 spiro atoms. The summed E-state index contributed by atoms with van der Waals surface area (Å²) in [5.74, 6) is 0.855. The molecule has 0 radical (unpaired) electrons. The molecule has 0 saturated carbocycles. The largest absolute Gasteiger partial charge is 0.447 e. The van der Waals surface area contributed by atoms with Crippen LogP contribution in [-0.4, -0.2) is 42.5 Å². The number of carbonyl (C=O) groups excluding carboxylic acids is 1. The van der Waals surface area contributed by atoms with Crippen molar-refractivity contribution in [2.75, 3.05) is 25.2 Å². The zero-order chi connectivity index (χ0) is 9.40. The van der Waals surface area contributed by atoms with Gasteiger partial charge in [-0.1, -0.05) is 0 Å². The van der Waals surface area contributed by atoms with Crippen molar-refractivity contribution in [3.63, 3.8) is 0 Å². The average molecular weight is 193 g/mol. The second-order valence-electron chi connectivity index (χ2n) is 2.36. The number of hydrogen-bond acceptors (Lipinski definition) is 4. The molecule has 0 aliphatic rings. The lowest BCUT2D eigenvalue weighted by Crippen LogP contribution is -2.35. The number of rotatable bonds is 5. The molecule has 12 heavy (non-hydrogen) atoms. The van der Waals surface area contributed by atoms with E-state index in [4.69, 9.17) is 5.11 Å². The summed E-state index contributed by atoms with van der Waals surface area (Å²) in [6, 6.07) is 0.103. The Balaban J connectivity index is 3.40. The lowest BCUT2D eigenvalue weighted by molar-refractivity contribution is 0.117. The van der Waals surface area contributed by atoms with Gasteiger partial charge in [-0.15, -0.1) is 0 Å². The van der Waals surface area contributed by atoms with Crippen LogP contribution in [0.2, 0.25) is 0 Å². The summed E-state index contributed by atoms with van der Waals surface area (Å²) >= 11 is 1.66. The minimum Gasteiger partial charge on any atom is -0.447 e. The molecule has 0 aromatic heterocycles. The molecule has 2 N–H and O–H groups in total. The van der Waals surface area contributed by atoms with E-state index in [0.717, 1.165) is 5.75 Å². The molecule has 5 heteroatoms. The van der Waals surface area contributed by atoms with Crippen molar-refractivity contribution in [2.45, 2.75) is 13.0 Å². The van der Waals surface area contributed by atoms with Gasteiger partial charge in [0.2, 0.25) is 0 Å². The van der Waals surface area contributed by atoms with E-state index in [1.165, 1.54) is 0 Å². The molecule has 0 aromatic rings. The number of aliphatic hydroxyl groups is 1. The Kier molecular flexibility index (Phi) is 6.99. The topological polar surface area (TPSA) is 58.6 Å². The maximum absolute atomic E-state index is 10.8. The van der Waals surface area contributed by atoms with Crippen molar-refractivity contribution in [3.8, 4) is 0 Å². The smallest absolute Gasteiger partial charge is 0.407 e. The Hall–Kier alpha value is -0.420. The van der Waals surface area contributed by atoms with Crippen LogP contribution in [0.4, 0.5) is 4.79 Å². The Morgan fingerprint density at radius 1 is 1.75 bits per heavy atom. The summed E-state index contributed by atoms with van der Waals surface area (Å²) in [5.41, 5.74) is 0. The molecule has 1 atom stereocenters. The fourth-order valence-corrected chi connectivity index (χ4v) is 1.26. The molecule has 0 fully saturated rings. The van der Waals surface area contributed by atoms with Crippen LogP contribution in [0.15, 0.2) is 0 Å². The summed E-state index contributed by atoms with van der Waals surface area (Å²) < 4.78 is 4.60. The Morgan fingerprint density at radius 2 is 2.42 bits per heavy atom. The molecule has 0 aliphatic heterocycles. The molecule has 0 bridgehead atoms. The second-order valence-corrected chi connectivity index (χ2v) is 3.27. The molecule has 1 amide bonds. The SMILES string of the molecule is CSCC(C)NC(=O)OCCO. The average Bonchev–Trinajstić information content (AvgIpc) is 2.01. The van der Waals surface area contributed by atoms with Gasteiger partial charge in [0.1, 0.15) is 6.61 Å². The predicted molar refractivity (Wildman–Crippen MR) is 49.4 cm³/mol. The first kappa shape index (κ1) is 11.6. The third kappa shape index (κ3) is 6.30. The molecule has 0 heterocycles. The summed E-state index contributed by atoms with van der Waals surface area (Å²) in [5, 5.41) is 11.0. The van der Waals surface area contributed by atoms with Crippen LogP contribution >= 0.6 is 11.8 Å². The number of hydrogen-bond donors (Lipinski definition) is 2. The minimum atomic E-state index is -0.467. The van der Waals surface area contributed by atoms with Crippen LogP contribution in [0.5, 0.6) is 0 Å². The van der Waals surface area contributed by atoms with E-state index in [9.17, 15) is 4.79 Å². The van der Waals surface area contributed by atoms with Gasteiger partial charge in [-0.25, -0.2) is 4.79 Å². The number of carbonyl (C=O) groups is 1. The maximum atomic E-state index is 10.8. The number of aliphatic hydroxyl groups excluding tert-OH is 1. The zero-order valence-corrected chi connectivity index (χ0v) is 8.19. The highest BCUT2D eigenvalue weighted by atomic mass is 32.2. The van der Waals surface area contributed by atoms with E-state index in [2.05, 4.69) is 10.1 Å². The highest BCUT2D eigenvalue weighted by molar-refractivity contribution is 7.98. The van der Waals surface area contributed by atoms with Crippen LogP contribution in [0.25, 0.3) is 0 Å². The number of nitrogens with one attached hydrogen (secondary N) is 1. The molecule has 0 rings (SSSR count). The fourth-order valence-electron chi connectivity index (χ4n) is 0.673. The van der Waals surface area contributed by atoms with Gasteiger partial charge < -0.3 is 15.2 Å². The summed E-state index contributed by atoms with van der Waals surface area (Å²) in [6.07, 6.45) is 1.50. The van der Waals surface area contributed by atoms with Crippen molar-refractivity contribution in [1.29, 1.82) is 0 Å². The third-order valence-electron chi connectivity index (χ3n) is 1.11. The molecule has 0 aromatic carbocycles. The lowest BCUT2D eigenvalue weighted by Gasteiger charge is -2.11. The number of thioether (sulfide) groups is 1. The van der Waals surface area contributed by atoms with Crippen LogP contribution in [0, 0.1) is 0 Å². The Labute approximate surface area is 76.7 Å². The quantitative estimate of drug-likeness (QED) is 0.666. The van der Waals surface area contributed by atoms with E-state index < -0.39 is 6.09 Å². The van der Waals surface area contributed by atoms with Crippen molar-refractivity contribution in [3.05, 3.63) is 0 Å². The zero-order valence-electron chi connectivity index (χ0n) is 7.37. The molecule has 72 valence electrons. The van der Waals surface area contributed by atoms with Crippen LogP contribution in [-0.2, 0) is 4.74 Å². The lowest BCUT2D eigenvalue weighted by atomic mass is 10.4. The van der Waals surface area contributed by atoms with Crippen molar-refractivity contribution >= 4 is 17.9 Å².